The fourth-order valence-electron chi connectivity index (χ4n) is 4.13. The van der Waals surface area contributed by atoms with Crippen molar-refractivity contribution >= 4 is 0 Å². The van der Waals surface area contributed by atoms with Gasteiger partial charge in [-0.3, -0.25) is 6.08 Å². The second kappa shape index (κ2) is 9.81. The summed E-state index contributed by atoms with van der Waals surface area (Å²) in [4.78, 5) is 0. The van der Waals surface area contributed by atoms with Crippen LogP contribution in [0.25, 0.3) is 0 Å². The van der Waals surface area contributed by atoms with Crippen molar-refractivity contribution in [1.29, 1.82) is 0 Å². The first-order valence-electron chi connectivity index (χ1n) is 9.12. The monoisotopic (exact) mass is 445 g/mol. The quantitative estimate of drug-likeness (QED) is 0.452. The molecule has 0 aromatic heterocycles. The Labute approximate surface area is 194 Å². The SMILES string of the molecule is COC1(C(C)(C)C2=[C-]CC=C2)CC=C(C(C)(C)C)C=C1C(C)(C)C.[Cl-].[Cl-].[Ti+3]. The van der Waals surface area contributed by atoms with Gasteiger partial charge in [-0.05, 0) is 33.8 Å². The van der Waals surface area contributed by atoms with Crippen LogP contribution in [0.4, 0.5) is 0 Å². The number of halogens is 2. The van der Waals surface area contributed by atoms with E-state index >= 15 is 0 Å². The van der Waals surface area contributed by atoms with Crippen molar-refractivity contribution in [1.82, 2.24) is 0 Å². The van der Waals surface area contributed by atoms with Crippen LogP contribution in [0.2, 0.25) is 0 Å². The third kappa shape index (κ3) is 5.43. The summed E-state index contributed by atoms with van der Waals surface area (Å²) in [5, 5.41) is 0. The number of allylic oxidation sites excluding steroid dienone is 5. The van der Waals surface area contributed by atoms with E-state index < -0.39 is 0 Å². The molecule has 151 valence electrons. The molecule has 0 fully saturated rings. The summed E-state index contributed by atoms with van der Waals surface area (Å²) in [7, 11) is 1.87. The molecule has 0 spiro atoms. The van der Waals surface area contributed by atoms with Crippen molar-refractivity contribution in [2.45, 2.75) is 73.8 Å². The molecule has 4 heteroatoms. The van der Waals surface area contributed by atoms with Crippen LogP contribution in [-0.2, 0) is 26.5 Å². The van der Waals surface area contributed by atoms with Crippen molar-refractivity contribution in [2.24, 2.45) is 16.2 Å². The molecule has 0 N–H and O–H groups in total. The molecule has 1 radical (unpaired) electrons. The van der Waals surface area contributed by atoms with E-state index in [-0.39, 0.29) is 68.4 Å². The van der Waals surface area contributed by atoms with Crippen LogP contribution >= 0.6 is 0 Å². The Bertz CT molecular complexity index is 628. The van der Waals surface area contributed by atoms with Gasteiger partial charge in [0.1, 0.15) is 0 Å². The van der Waals surface area contributed by atoms with E-state index in [4.69, 9.17) is 4.74 Å². The molecule has 1 unspecified atom stereocenters. The van der Waals surface area contributed by atoms with Gasteiger partial charge in [0.2, 0.25) is 0 Å². The van der Waals surface area contributed by atoms with Gasteiger partial charge in [-0.25, -0.2) is 11.6 Å². The molecule has 1 atom stereocenters. The molecule has 0 aliphatic heterocycles. The zero-order valence-corrected chi connectivity index (χ0v) is 21.5. The topological polar surface area (TPSA) is 9.23 Å². The fourth-order valence-corrected chi connectivity index (χ4v) is 4.13. The normalized spacial score (nSPS) is 22.6. The van der Waals surface area contributed by atoms with Gasteiger partial charge in [-0.15, -0.1) is 6.42 Å². The molecule has 27 heavy (non-hydrogen) atoms. The maximum absolute atomic E-state index is 6.35. The minimum absolute atomic E-state index is 0. The summed E-state index contributed by atoms with van der Waals surface area (Å²) >= 11 is 0. The van der Waals surface area contributed by atoms with Crippen LogP contribution in [0.1, 0.15) is 68.2 Å². The second-order valence-corrected chi connectivity index (χ2v) is 9.77. The smallest absolute Gasteiger partial charge is 1.00 e. The minimum Gasteiger partial charge on any atom is -1.00 e. The standard InChI is InChI=1S/C23H35O.2ClH.Ti/c1-20(2,3)18-14-15-23(24-9,19(16-18)21(4,5)6)22(7,8)17-12-10-11-13-17;;;/h10,12,14,16H,11,15H2,1-9H3;2*1H;/q-1;;;+3/p-2. The van der Waals surface area contributed by atoms with E-state index in [1.165, 1.54) is 16.7 Å². The van der Waals surface area contributed by atoms with Gasteiger partial charge in [-0.1, -0.05) is 67.5 Å². The maximum atomic E-state index is 6.35. The molecular weight excluding hydrogens is 411 g/mol. The van der Waals surface area contributed by atoms with Crippen molar-refractivity contribution in [2.75, 3.05) is 7.11 Å². The average Bonchev–Trinajstić information content (AvgIpc) is 2.99. The summed E-state index contributed by atoms with van der Waals surface area (Å²) in [6, 6.07) is 0. The summed E-state index contributed by atoms with van der Waals surface area (Å²) in [6.45, 7) is 18.4. The molecule has 0 saturated carbocycles. The number of hydrogen-bond donors (Lipinski definition) is 0. The molecule has 1 nitrogen and oxygen atoms in total. The summed E-state index contributed by atoms with van der Waals surface area (Å²) in [5.74, 6) is 0. The molecule has 0 saturated heterocycles. The zero-order valence-electron chi connectivity index (χ0n) is 18.4. The first-order valence-corrected chi connectivity index (χ1v) is 9.12. The number of hydrogen-bond acceptors (Lipinski definition) is 1. The van der Waals surface area contributed by atoms with Crippen molar-refractivity contribution in [3.8, 4) is 0 Å². The van der Waals surface area contributed by atoms with Gasteiger partial charge < -0.3 is 29.6 Å². The van der Waals surface area contributed by atoms with Gasteiger partial charge in [0, 0.05) is 7.11 Å². The third-order valence-corrected chi connectivity index (χ3v) is 5.74. The van der Waals surface area contributed by atoms with E-state index in [1.54, 1.807) is 0 Å². The molecule has 0 bridgehead atoms. The number of methoxy groups -OCH3 is 1. The van der Waals surface area contributed by atoms with Crippen LogP contribution in [-0.4, -0.2) is 12.7 Å². The predicted octanol–water partition coefficient (Wildman–Crippen LogP) is 0.441. The molecule has 2 aliphatic rings. The minimum atomic E-state index is -0.336. The molecule has 0 aromatic rings. The Morgan fingerprint density at radius 3 is 1.89 bits per heavy atom. The van der Waals surface area contributed by atoms with Crippen LogP contribution < -0.4 is 24.8 Å². The third-order valence-electron chi connectivity index (χ3n) is 5.74. The van der Waals surface area contributed by atoms with Crippen LogP contribution in [0.15, 0.2) is 41.0 Å². The Kier molecular flexibility index (Phi) is 10.7. The Morgan fingerprint density at radius 2 is 1.52 bits per heavy atom. The largest absolute Gasteiger partial charge is 3.00 e. The van der Waals surface area contributed by atoms with Gasteiger partial charge in [0.15, 0.2) is 0 Å². The maximum Gasteiger partial charge on any atom is 3.00 e. The van der Waals surface area contributed by atoms with E-state index in [9.17, 15) is 0 Å². The van der Waals surface area contributed by atoms with Crippen LogP contribution in [0.3, 0.4) is 0 Å². The average molecular weight is 446 g/mol. The Hall–Kier alpha value is 0.214. The van der Waals surface area contributed by atoms with Crippen molar-refractivity contribution in [3.05, 3.63) is 47.1 Å². The Balaban J connectivity index is 0. The number of ether oxygens (including phenoxy) is 1. The van der Waals surface area contributed by atoms with Gasteiger partial charge in [0.05, 0.1) is 5.60 Å². The summed E-state index contributed by atoms with van der Waals surface area (Å²) in [5.41, 5.74) is 3.80. The van der Waals surface area contributed by atoms with Gasteiger partial charge in [-0.2, -0.15) is 6.08 Å². The van der Waals surface area contributed by atoms with E-state index in [1.807, 2.05) is 7.11 Å². The van der Waals surface area contributed by atoms with Crippen molar-refractivity contribution < 1.29 is 51.3 Å². The summed E-state index contributed by atoms with van der Waals surface area (Å²) in [6.07, 6.45) is 14.6. The first-order chi connectivity index (χ1) is 10.9. The van der Waals surface area contributed by atoms with Crippen molar-refractivity contribution in [3.63, 3.8) is 0 Å². The molecule has 0 amide bonds. The first kappa shape index (κ1) is 29.4. The molecule has 2 rings (SSSR count). The predicted molar refractivity (Wildman–Crippen MR) is 104 cm³/mol. The molecule has 2 aliphatic carbocycles. The van der Waals surface area contributed by atoms with E-state index in [0.717, 1.165) is 12.8 Å². The number of rotatable bonds is 3. The van der Waals surface area contributed by atoms with Gasteiger partial charge >= 0.3 is 21.7 Å². The van der Waals surface area contributed by atoms with Crippen LogP contribution in [0, 0.1) is 22.3 Å². The Morgan fingerprint density at radius 1 is 0.963 bits per heavy atom. The van der Waals surface area contributed by atoms with Crippen LogP contribution in [0.5, 0.6) is 0 Å². The molecule has 0 heterocycles. The summed E-state index contributed by atoms with van der Waals surface area (Å²) < 4.78 is 6.35. The molecular formula is C23H35Cl2OTi. The van der Waals surface area contributed by atoms with E-state index in [2.05, 4.69) is 85.8 Å². The molecule has 0 aromatic carbocycles. The zero-order chi connectivity index (χ0) is 18.4. The fraction of sp³-hybridized carbons (Fsp3) is 0.652. The van der Waals surface area contributed by atoms with Gasteiger partial charge in [0.25, 0.3) is 0 Å². The second-order valence-electron chi connectivity index (χ2n) is 9.77. The van der Waals surface area contributed by atoms with E-state index in [0.29, 0.717) is 0 Å².